The van der Waals surface area contributed by atoms with Crippen LogP contribution < -0.4 is 4.90 Å². The van der Waals surface area contributed by atoms with Crippen LogP contribution in [-0.4, -0.2) is 48.0 Å². The van der Waals surface area contributed by atoms with Gasteiger partial charge in [-0.25, -0.2) is 0 Å². The SMILES string of the molecule is CC1CN(C(=O)C2CCN(c3ccccc3[N+](=O)[O-])CC2)CC(c2ccccc2)O1. The van der Waals surface area contributed by atoms with Gasteiger partial charge in [-0.2, -0.15) is 0 Å². The van der Waals surface area contributed by atoms with Crippen molar-refractivity contribution in [3.63, 3.8) is 0 Å². The summed E-state index contributed by atoms with van der Waals surface area (Å²) < 4.78 is 6.08. The van der Waals surface area contributed by atoms with Crippen LogP contribution in [0.3, 0.4) is 0 Å². The lowest BCUT2D eigenvalue weighted by Crippen LogP contribution is -2.50. The molecule has 2 aliphatic rings. The van der Waals surface area contributed by atoms with Gasteiger partial charge in [-0.3, -0.25) is 14.9 Å². The molecule has 2 heterocycles. The maximum atomic E-state index is 13.2. The maximum absolute atomic E-state index is 13.2. The number of hydrogen-bond donors (Lipinski definition) is 0. The minimum atomic E-state index is -0.342. The summed E-state index contributed by atoms with van der Waals surface area (Å²) >= 11 is 0. The van der Waals surface area contributed by atoms with Crippen molar-refractivity contribution in [1.82, 2.24) is 4.90 Å². The van der Waals surface area contributed by atoms with E-state index in [1.54, 1.807) is 12.1 Å². The minimum Gasteiger partial charge on any atom is -0.367 e. The lowest BCUT2D eigenvalue weighted by Gasteiger charge is -2.40. The van der Waals surface area contributed by atoms with Crippen molar-refractivity contribution in [2.24, 2.45) is 5.92 Å². The molecular weight excluding hydrogens is 382 g/mol. The molecule has 0 spiro atoms. The molecular formula is C23H27N3O4. The lowest BCUT2D eigenvalue weighted by atomic mass is 9.94. The second-order valence-corrected chi connectivity index (χ2v) is 8.10. The molecule has 0 aromatic heterocycles. The number of rotatable bonds is 4. The first kappa shape index (κ1) is 20.3. The van der Waals surface area contributed by atoms with Gasteiger partial charge in [0.05, 0.1) is 17.6 Å². The second kappa shape index (κ2) is 8.83. The Morgan fingerprint density at radius 3 is 2.40 bits per heavy atom. The molecule has 0 N–H and O–H groups in total. The summed E-state index contributed by atoms with van der Waals surface area (Å²) in [7, 11) is 0. The van der Waals surface area contributed by atoms with Crippen LogP contribution >= 0.6 is 0 Å². The molecule has 30 heavy (non-hydrogen) atoms. The molecule has 2 saturated heterocycles. The summed E-state index contributed by atoms with van der Waals surface area (Å²) in [5.41, 5.74) is 1.85. The molecule has 0 aliphatic carbocycles. The van der Waals surface area contributed by atoms with Gasteiger partial charge in [-0.05, 0) is 31.4 Å². The monoisotopic (exact) mass is 409 g/mol. The fourth-order valence-corrected chi connectivity index (χ4v) is 4.49. The zero-order valence-corrected chi connectivity index (χ0v) is 17.1. The van der Waals surface area contributed by atoms with Gasteiger partial charge in [0, 0.05) is 31.6 Å². The molecule has 1 amide bonds. The van der Waals surface area contributed by atoms with Crippen molar-refractivity contribution in [3.8, 4) is 0 Å². The number of morpholine rings is 1. The van der Waals surface area contributed by atoms with Gasteiger partial charge in [0.1, 0.15) is 11.8 Å². The third kappa shape index (κ3) is 4.31. The van der Waals surface area contributed by atoms with Crippen molar-refractivity contribution in [3.05, 3.63) is 70.3 Å². The Morgan fingerprint density at radius 1 is 1.03 bits per heavy atom. The van der Waals surface area contributed by atoms with E-state index >= 15 is 0 Å². The highest BCUT2D eigenvalue weighted by Crippen LogP contribution is 2.33. The van der Waals surface area contributed by atoms with Crippen molar-refractivity contribution in [1.29, 1.82) is 0 Å². The smallest absolute Gasteiger partial charge is 0.292 e. The molecule has 2 unspecified atom stereocenters. The third-order valence-electron chi connectivity index (χ3n) is 6.01. The highest BCUT2D eigenvalue weighted by Gasteiger charge is 2.35. The Balaban J connectivity index is 1.40. The molecule has 2 aromatic carbocycles. The summed E-state index contributed by atoms with van der Waals surface area (Å²) in [6.07, 6.45) is 1.28. The number of hydrogen-bond acceptors (Lipinski definition) is 5. The van der Waals surface area contributed by atoms with E-state index < -0.39 is 0 Å². The van der Waals surface area contributed by atoms with Crippen molar-refractivity contribution < 1.29 is 14.5 Å². The number of carbonyl (C=O) groups excluding carboxylic acids is 1. The number of anilines is 1. The molecule has 4 rings (SSSR count). The van der Waals surface area contributed by atoms with E-state index in [2.05, 4.69) is 0 Å². The molecule has 2 aromatic rings. The zero-order chi connectivity index (χ0) is 21.1. The molecule has 0 saturated carbocycles. The third-order valence-corrected chi connectivity index (χ3v) is 6.01. The average Bonchev–Trinajstić information content (AvgIpc) is 2.79. The van der Waals surface area contributed by atoms with E-state index in [4.69, 9.17) is 4.74 Å². The van der Waals surface area contributed by atoms with E-state index in [1.165, 1.54) is 6.07 Å². The Hall–Kier alpha value is -2.93. The highest BCUT2D eigenvalue weighted by atomic mass is 16.6. The van der Waals surface area contributed by atoms with E-state index in [1.807, 2.05) is 53.1 Å². The van der Waals surface area contributed by atoms with Gasteiger partial charge in [-0.1, -0.05) is 42.5 Å². The average molecular weight is 409 g/mol. The van der Waals surface area contributed by atoms with Crippen molar-refractivity contribution >= 4 is 17.3 Å². The number of piperidine rings is 1. The topological polar surface area (TPSA) is 75.9 Å². The van der Waals surface area contributed by atoms with Crippen LogP contribution in [0.2, 0.25) is 0 Å². The Morgan fingerprint density at radius 2 is 1.70 bits per heavy atom. The predicted octanol–water partition coefficient (Wildman–Crippen LogP) is 3.80. The van der Waals surface area contributed by atoms with Crippen LogP contribution in [0.4, 0.5) is 11.4 Å². The van der Waals surface area contributed by atoms with Crippen LogP contribution in [0.5, 0.6) is 0 Å². The molecule has 0 bridgehead atoms. The first-order chi connectivity index (χ1) is 14.5. The number of nitrogens with zero attached hydrogens (tertiary/aromatic N) is 3. The summed E-state index contributed by atoms with van der Waals surface area (Å²) in [6.45, 7) is 4.46. The van der Waals surface area contributed by atoms with Gasteiger partial charge in [0.25, 0.3) is 5.69 Å². The molecule has 2 atom stereocenters. The Bertz CT molecular complexity index is 896. The molecule has 7 heteroatoms. The van der Waals surface area contributed by atoms with E-state index in [0.717, 1.165) is 5.56 Å². The molecule has 0 radical (unpaired) electrons. The summed E-state index contributed by atoms with van der Waals surface area (Å²) in [6, 6.07) is 16.8. The summed E-state index contributed by atoms with van der Waals surface area (Å²) in [4.78, 5) is 28.2. The fraction of sp³-hybridized carbons (Fsp3) is 0.435. The number of amides is 1. The second-order valence-electron chi connectivity index (χ2n) is 8.10. The van der Waals surface area contributed by atoms with Gasteiger partial charge in [0.15, 0.2) is 0 Å². The zero-order valence-electron chi connectivity index (χ0n) is 17.1. The lowest BCUT2D eigenvalue weighted by molar-refractivity contribution is -0.384. The number of ether oxygens (including phenoxy) is 1. The maximum Gasteiger partial charge on any atom is 0.292 e. The number of benzene rings is 2. The Labute approximate surface area is 176 Å². The first-order valence-corrected chi connectivity index (χ1v) is 10.5. The van der Waals surface area contributed by atoms with Crippen LogP contribution in [0.25, 0.3) is 0 Å². The molecule has 2 aliphatic heterocycles. The first-order valence-electron chi connectivity index (χ1n) is 10.5. The van der Waals surface area contributed by atoms with E-state index in [-0.39, 0.29) is 34.6 Å². The van der Waals surface area contributed by atoms with Crippen LogP contribution in [-0.2, 0) is 9.53 Å². The van der Waals surface area contributed by atoms with Gasteiger partial charge < -0.3 is 14.5 Å². The predicted molar refractivity (Wildman–Crippen MR) is 114 cm³/mol. The van der Waals surface area contributed by atoms with Crippen LogP contribution in [0.15, 0.2) is 54.6 Å². The van der Waals surface area contributed by atoms with Gasteiger partial charge >= 0.3 is 0 Å². The van der Waals surface area contributed by atoms with Gasteiger partial charge in [-0.15, -0.1) is 0 Å². The summed E-state index contributed by atoms with van der Waals surface area (Å²) in [5.74, 6) is 0.124. The summed E-state index contributed by atoms with van der Waals surface area (Å²) in [5, 5.41) is 11.3. The van der Waals surface area contributed by atoms with Crippen LogP contribution in [0, 0.1) is 16.0 Å². The highest BCUT2D eigenvalue weighted by molar-refractivity contribution is 5.79. The fourth-order valence-electron chi connectivity index (χ4n) is 4.49. The molecule has 7 nitrogen and oxygen atoms in total. The quantitative estimate of drug-likeness (QED) is 0.567. The van der Waals surface area contributed by atoms with E-state index in [0.29, 0.717) is 44.7 Å². The van der Waals surface area contributed by atoms with Crippen molar-refractivity contribution in [2.45, 2.75) is 32.0 Å². The number of para-hydroxylation sites is 2. The number of nitro groups is 1. The minimum absolute atomic E-state index is 0.0139. The largest absolute Gasteiger partial charge is 0.367 e. The van der Waals surface area contributed by atoms with Crippen molar-refractivity contribution in [2.75, 3.05) is 31.1 Å². The van der Waals surface area contributed by atoms with Crippen LogP contribution in [0.1, 0.15) is 31.4 Å². The molecule has 158 valence electrons. The van der Waals surface area contributed by atoms with Gasteiger partial charge in [0.2, 0.25) is 5.91 Å². The van der Waals surface area contributed by atoms with E-state index in [9.17, 15) is 14.9 Å². The normalized spacial score (nSPS) is 22.7. The standard InChI is InChI=1S/C23H27N3O4/c1-17-15-25(16-22(30-17)18-7-3-2-4-8-18)23(27)19-11-13-24(14-12-19)20-9-5-6-10-21(20)26(28)29/h2-10,17,19,22H,11-16H2,1H3. The number of nitro benzene ring substituents is 1. The number of carbonyl (C=O) groups is 1. The Kier molecular flexibility index (Phi) is 5.99. The molecule has 2 fully saturated rings.